The molecule has 0 bridgehead atoms. The summed E-state index contributed by atoms with van der Waals surface area (Å²) in [4.78, 5) is 20.0. The van der Waals surface area contributed by atoms with Crippen LogP contribution in [0.1, 0.15) is 51.2 Å². The fraction of sp³-hybridized carbons (Fsp3) is 0.364. The fourth-order valence-electron chi connectivity index (χ4n) is 4.33. The Balaban J connectivity index is 1.94. The molecule has 0 spiro atoms. The molecule has 0 fully saturated rings. The van der Waals surface area contributed by atoms with Crippen molar-refractivity contribution in [1.82, 2.24) is 0 Å². The Bertz CT molecular complexity index is 1010. The van der Waals surface area contributed by atoms with Gasteiger partial charge in [-0.2, -0.15) is 0 Å². The van der Waals surface area contributed by atoms with Crippen molar-refractivity contribution in [2.75, 3.05) is 11.5 Å². The van der Waals surface area contributed by atoms with E-state index in [0.717, 1.165) is 29.0 Å². The highest BCUT2D eigenvalue weighted by Gasteiger charge is 2.48. The summed E-state index contributed by atoms with van der Waals surface area (Å²) in [6.07, 6.45) is 0.876. The van der Waals surface area contributed by atoms with Crippen molar-refractivity contribution in [3.63, 3.8) is 0 Å². The normalized spacial score (nSPS) is 21.2. The molecule has 4 nitrogen and oxygen atoms in total. The van der Waals surface area contributed by atoms with Crippen LogP contribution in [0.4, 0.5) is 11.4 Å². The number of halogens is 2. The summed E-state index contributed by atoms with van der Waals surface area (Å²) in [6.45, 7) is 8.92. The molecule has 1 unspecified atom stereocenters. The van der Waals surface area contributed by atoms with Crippen molar-refractivity contribution in [3.05, 3.63) is 51.5 Å². The van der Waals surface area contributed by atoms with Gasteiger partial charge in [0.15, 0.2) is 0 Å². The molecule has 4 rings (SSSR count). The van der Waals surface area contributed by atoms with Crippen LogP contribution in [-0.4, -0.2) is 23.8 Å². The van der Waals surface area contributed by atoms with Crippen LogP contribution in [0.3, 0.4) is 0 Å². The first-order valence-electron chi connectivity index (χ1n) is 9.42. The minimum Gasteiger partial charge on any atom is -0.494 e. The summed E-state index contributed by atoms with van der Waals surface area (Å²) < 4.78 is 5.78. The SMILES string of the molecule is CCOc1cc2c3c(c1)C(C)CC(C)(C)N3C(=O)C2=Nc1ccc(Cl)c(Cl)c1. The standard InChI is InChI=1S/C22H22Cl2N2O2/c1-5-28-14-9-15-12(2)11-22(3,4)26-20(15)16(10-14)19(21(26)27)25-13-6-7-17(23)18(24)8-13/h6-10,12H,5,11H2,1-4H3. The first kappa shape index (κ1) is 19.3. The van der Waals surface area contributed by atoms with Crippen LogP contribution in [0.25, 0.3) is 0 Å². The lowest BCUT2D eigenvalue weighted by atomic mass is 9.80. The van der Waals surface area contributed by atoms with Crippen molar-refractivity contribution in [2.45, 2.75) is 45.6 Å². The summed E-state index contributed by atoms with van der Waals surface area (Å²) in [5.74, 6) is 0.990. The lowest BCUT2D eigenvalue weighted by Gasteiger charge is -2.43. The molecule has 2 aromatic rings. The highest BCUT2D eigenvalue weighted by atomic mass is 35.5. The summed E-state index contributed by atoms with van der Waals surface area (Å²) >= 11 is 12.2. The van der Waals surface area contributed by atoms with Gasteiger partial charge in [-0.3, -0.25) is 4.79 Å². The minimum absolute atomic E-state index is 0.0899. The molecule has 6 heteroatoms. The highest BCUT2D eigenvalue weighted by Crippen LogP contribution is 2.50. The Kier molecular flexibility index (Phi) is 4.67. The van der Waals surface area contributed by atoms with Gasteiger partial charge in [-0.1, -0.05) is 30.1 Å². The summed E-state index contributed by atoms with van der Waals surface area (Å²) in [5.41, 5.74) is 3.62. The Hall–Kier alpha value is -2.04. The van der Waals surface area contributed by atoms with Gasteiger partial charge in [0, 0.05) is 11.1 Å². The molecule has 0 saturated carbocycles. The van der Waals surface area contributed by atoms with Gasteiger partial charge < -0.3 is 9.64 Å². The molecule has 0 saturated heterocycles. The van der Waals surface area contributed by atoms with Gasteiger partial charge in [0.05, 0.1) is 28.0 Å². The number of benzene rings is 2. The first-order chi connectivity index (χ1) is 13.2. The summed E-state index contributed by atoms with van der Waals surface area (Å²) in [6, 6.07) is 9.10. The lowest BCUT2D eigenvalue weighted by Crippen LogP contribution is -2.50. The van der Waals surface area contributed by atoms with Crippen LogP contribution >= 0.6 is 23.2 Å². The molecule has 0 aliphatic carbocycles. The Morgan fingerprint density at radius 2 is 1.96 bits per heavy atom. The van der Waals surface area contributed by atoms with E-state index in [1.807, 2.05) is 17.9 Å². The van der Waals surface area contributed by atoms with Crippen LogP contribution in [0.15, 0.2) is 35.3 Å². The number of rotatable bonds is 3. The van der Waals surface area contributed by atoms with Crippen LogP contribution in [0, 0.1) is 0 Å². The van der Waals surface area contributed by atoms with Gasteiger partial charge in [-0.25, -0.2) is 4.99 Å². The first-order valence-corrected chi connectivity index (χ1v) is 10.2. The van der Waals surface area contributed by atoms with Crippen molar-refractivity contribution >= 4 is 46.2 Å². The third-order valence-electron chi connectivity index (χ3n) is 5.39. The second kappa shape index (κ2) is 6.78. The second-order valence-corrected chi connectivity index (χ2v) is 8.77. The molecule has 0 N–H and O–H groups in total. The number of aliphatic imine (C=N–C) groups is 1. The lowest BCUT2D eigenvalue weighted by molar-refractivity contribution is -0.113. The number of hydrogen-bond donors (Lipinski definition) is 0. The molecule has 0 aromatic heterocycles. The summed E-state index contributed by atoms with van der Waals surface area (Å²) in [5, 5.41) is 0.868. The van der Waals surface area contributed by atoms with Crippen molar-refractivity contribution in [1.29, 1.82) is 0 Å². The van der Waals surface area contributed by atoms with E-state index in [1.54, 1.807) is 18.2 Å². The maximum atomic E-state index is 13.4. The van der Waals surface area contributed by atoms with Crippen molar-refractivity contribution < 1.29 is 9.53 Å². The maximum Gasteiger partial charge on any atom is 0.278 e. The average Bonchev–Trinajstić information content (AvgIpc) is 2.89. The Labute approximate surface area is 175 Å². The molecule has 1 amide bonds. The van der Waals surface area contributed by atoms with E-state index in [4.69, 9.17) is 27.9 Å². The molecular formula is C22H22Cl2N2O2. The average molecular weight is 417 g/mol. The van der Waals surface area contributed by atoms with Crippen LogP contribution < -0.4 is 9.64 Å². The fourth-order valence-corrected chi connectivity index (χ4v) is 4.62. The molecule has 2 aliphatic rings. The van der Waals surface area contributed by atoms with E-state index in [-0.39, 0.29) is 11.4 Å². The maximum absolute atomic E-state index is 13.4. The quantitative estimate of drug-likeness (QED) is 0.602. The molecule has 0 radical (unpaired) electrons. The molecule has 2 heterocycles. The Morgan fingerprint density at radius 1 is 1.21 bits per heavy atom. The predicted molar refractivity (Wildman–Crippen MR) is 115 cm³/mol. The van der Waals surface area contributed by atoms with Gasteiger partial charge in [0.1, 0.15) is 11.5 Å². The highest BCUT2D eigenvalue weighted by molar-refractivity contribution is 6.55. The summed E-state index contributed by atoms with van der Waals surface area (Å²) in [7, 11) is 0. The molecule has 2 aliphatic heterocycles. The largest absolute Gasteiger partial charge is 0.494 e. The van der Waals surface area contributed by atoms with Gasteiger partial charge in [0.2, 0.25) is 0 Å². The van der Waals surface area contributed by atoms with Gasteiger partial charge in [-0.15, -0.1) is 0 Å². The number of amides is 1. The molecule has 146 valence electrons. The number of ether oxygens (including phenoxy) is 1. The van der Waals surface area contributed by atoms with E-state index in [9.17, 15) is 4.79 Å². The van der Waals surface area contributed by atoms with E-state index >= 15 is 0 Å². The smallest absolute Gasteiger partial charge is 0.278 e. The van der Waals surface area contributed by atoms with Crippen LogP contribution in [-0.2, 0) is 4.79 Å². The van der Waals surface area contributed by atoms with E-state index < -0.39 is 0 Å². The van der Waals surface area contributed by atoms with E-state index in [2.05, 4.69) is 31.8 Å². The van der Waals surface area contributed by atoms with Crippen LogP contribution in [0.2, 0.25) is 10.0 Å². The van der Waals surface area contributed by atoms with Gasteiger partial charge in [-0.05, 0) is 69.0 Å². The molecule has 2 aromatic carbocycles. The zero-order valence-electron chi connectivity index (χ0n) is 16.3. The third kappa shape index (κ3) is 2.99. The number of nitrogens with zero attached hydrogens (tertiary/aromatic N) is 2. The zero-order valence-corrected chi connectivity index (χ0v) is 17.9. The minimum atomic E-state index is -0.291. The number of carbonyl (C=O) groups is 1. The third-order valence-corrected chi connectivity index (χ3v) is 6.13. The topological polar surface area (TPSA) is 41.9 Å². The number of anilines is 1. The predicted octanol–water partition coefficient (Wildman–Crippen LogP) is 6.15. The van der Waals surface area contributed by atoms with Gasteiger partial charge in [0.25, 0.3) is 5.91 Å². The number of hydrogen-bond acceptors (Lipinski definition) is 3. The molecular weight excluding hydrogens is 395 g/mol. The molecule has 1 atom stereocenters. The van der Waals surface area contributed by atoms with Crippen molar-refractivity contribution in [3.8, 4) is 5.75 Å². The molecule has 28 heavy (non-hydrogen) atoms. The second-order valence-electron chi connectivity index (χ2n) is 7.96. The van der Waals surface area contributed by atoms with E-state index in [0.29, 0.717) is 34.0 Å². The van der Waals surface area contributed by atoms with Gasteiger partial charge >= 0.3 is 0 Å². The Morgan fingerprint density at radius 3 is 2.64 bits per heavy atom. The number of carbonyl (C=O) groups excluding carboxylic acids is 1. The van der Waals surface area contributed by atoms with Crippen molar-refractivity contribution in [2.24, 2.45) is 4.99 Å². The van der Waals surface area contributed by atoms with E-state index in [1.165, 1.54) is 0 Å². The van der Waals surface area contributed by atoms with Crippen LogP contribution in [0.5, 0.6) is 5.75 Å². The zero-order chi connectivity index (χ0) is 20.2. The monoisotopic (exact) mass is 416 g/mol.